The highest BCUT2D eigenvalue weighted by Crippen LogP contribution is 2.48. The minimum Gasteiger partial charge on any atom is -0.481 e. The van der Waals surface area contributed by atoms with Crippen LogP contribution in [0.3, 0.4) is 0 Å². The van der Waals surface area contributed by atoms with E-state index in [0.717, 1.165) is 56.3 Å². The number of rotatable bonds is 8. The second-order valence-corrected chi connectivity index (χ2v) is 15.7. The van der Waals surface area contributed by atoms with Gasteiger partial charge in [0.1, 0.15) is 5.82 Å². The van der Waals surface area contributed by atoms with Gasteiger partial charge in [-0.05, 0) is 90.0 Å². The van der Waals surface area contributed by atoms with Crippen molar-refractivity contribution in [1.82, 2.24) is 19.8 Å². The zero-order valence-corrected chi connectivity index (χ0v) is 27.4. The van der Waals surface area contributed by atoms with Crippen LogP contribution in [-0.4, -0.2) is 92.3 Å². The summed E-state index contributed by atoms with van der Waals surface area (Å²) in [6, 6.07) is 0.291. The molecule has 1 aromatic heterocycles. The molecule has 1 saturated carbocycles. The van der Waals surface area contributed by atoms with Crippen molar-refractivity contribution < 1.29 is 23.4 Å². The van der Waals surface area contributed by atoms with Gasteiger partial charge in [0.2, 0.25) is 6.43 Å². The summed E-state index contributed by atoms with van der Waals surface area (Å²) in [7, 11) is 0. The maximum Gasteiger partial charge on any atom is 0.308 e. The molecule has 5 aliphatic rings. The van der Waals surface area contributed by atoms with E-state index in [9.17, 15) is 23.5 Å². The van der Waals surface area contributed by atoms with Gasteiger partial charge in [-0.2, -0.15) is 11.8 Å². The molecular weight excluding hydrogens is 610 g/mol. The van der Waals surface area contributed by atoms with Crippen LogP contribution in [0.1, 0.15) is 69.0 Å². The summed E-state index contributed by atoms with van der Waals surface area (Å²) in [6.45, 7) is 6.03. The molecule has 8 nitrogen and oxygen atoms in total. The van der Waals surface area contributed by atoms with Gasteiger partial charge in [-0.15, -0.1) is 11.6 Å². The van der Waals surface area contributed by atoms with Gasteiger partial charge in [-0.3, -0.25) is 19.1 Å². The third-order valence-corrected chi connectivity index (χ3v) is 13.1. The summed E-state index contributed by atoms with van der Waals surface area (Å²) < 4.78 is 35.2. The van der Waals surface area contributed by atoms with Gasteiger partial charge < -0.3 is 15.2 Å². The Morgan fingerprint density at radius 1 is 1.23 bits per heavy atom. The van der Waals surface area contributed by atoms with Crippen LogP contribution >= 0.6 is 23.4 Å². The molecule has 10 atom stereocenters. The first-order valence-corrected chi connectivity index (χ1v) is 18.1. The number of aliphatic carboxylic acids is 1. The van der Waals surface area contributed by atoms with Gasteiger partial charge in [0, 0.05) is 52.5 Å². The van der Waals surface area contributed by atoms with E-state index in [-0.39, 0.29) is 52.3 Å². The van der Waals surface area contributed by atoms with Crippen LogP contribution in [0.2, 0.25) is 0 Å². The topological polar surface area (TPSA) is 96.7 Å². The molecule has 246 valence electrons. The Hall–Kier alpha value is -1.27. The smallest absolute Gasteiger partial charge is 0.308 e. The maximum atomic E-state index is 13.8. The number of piperidine rings is 2. The molecule has 0 spiro atoms. The molecule has 4 heterocycles. The Kier molecular flexibility index (Phi) is 10.3. The number of carboxylic acid groups (broad SMARTS) is 1. The summed E-state index contributed by atoms with van der Waals surface area (Å²) in [5, 5.41) is 13.7. The molecule has 6 rings (SSSR count). The molecule has 0 aromatic carbocycles. The zero-order chi connectivity index (χ0) is 31.1. The summed E-state index contributed by atoms with van der Waals surface area (Å²) in [5.41, 5.74) is 1.56. The number of fused-ring (bicyclic) bond motifs is 2. The van der Waals surface area contributed by atoms with Crippen LogP contribution in [0.5, 0.6) is 0 Å². The first-order chi connectivity index (χ1) is 21.1. The second kappa shape index (κ2) is 13.8. The first-order valence-electron chi connectivity index (χ1n) is 16.6. The fourth-order valence-electron chi connectivity index (χ4n) is 8.87. The monoisotopic (exact) mass is 656 g/mol. The lowest BCUT2D eigenvalue weighted by molar-refractivity contribution is -0.142. The summed E-state index contributed by atoms with van der Waals surface area (Å²) >= 11 is 8.50. The average molecular weight is 657 g/mol. The van der Waals surface area contributed by atoms with E-state index in [2.05, 4.69) is 17.1 Å². The maximum absolute atomic E-state index is 13.8. The van der Waals surface area contributed by atoms with E-state index in [0.29, 0.717) is 56.5 Å². The predicted octanol–water partition coefficient (Wildman–Crippen LogP) is 4.36. The Bertz CT molecular complexity index is 1260. The number of halogens is 3. The predicted molar refractivity (Wildman–Crippen MR) is 168 cm³/mol. The zero-order valence-electron chi connectivity index (χ0n) is 25.8. The van der Waals surface area contributed by atoms with E-state index < -0.39 is 18.3 Å². The molecule has 12 heteroatoms. The highest BCUT2D eigenvalue weighted by molar-refractivity contribution is 8.00. The van der Waals surface area contributed by atoms with Crippen molar-refractivity contribution in [1.29, 1.82) is 0 Å². The number of aromatic nitrogens is 2. The average Bonchev–Trinajstić information content (AvgIpc) is 3.43. The van der Waals surface area contributed by atoms with Crippen LogP contribution < -0.4 is 10.9 Å². The van der Waals surface area contributed by atoms with Crippen LogP contribution in [0.25, 0.3) is 0 Å². The minimum atomic E-state index is -2.30. The number of carbonyl (C=O) groups is 1. The van der Waals surface area contributed by atoms with Crippen molar-refractivity contribution in [3.05, 3.63) is 27.4 Å². The summed E-state index contributed by atoms with van der Waals surface area (Å²) in [6.07, 6.45) is 4.72. The minimum absolute atomic E-state index is 0.0123. The van der Waals surface area contributed by atoms with Crippen LogP contribution in [-0.2, 0) is 28.9 Å². The molecule has 2 N–H and O–H groups in total. The van der Waals surface area contributed by atoms with Crippen LogP contribution in [0.15, 0.2) is 4.79 Å². The molecule has 3 saturated heterocycles. The number of hydrogen-bond acceptors (Lipinski definition) is 7. The molecular formula is C32H47ClF2N4O4S. The van der Waals surface area contributed by atoms with Crippen molar-refractivity contribution >= 4 is 29.3 Å². The highest BCUT2D eigenvalue weighted by Gasteiger charge is 2.51. The molecule has 0 radical (unpaired) electrons. The standard InChI is InChI=1S/C32H47ClF2N4O4S/c1-17-12-23(29-28(36-17)25(16-44-29)32(41)42)22-13-20(33)5-8-27(22)43-11-10-39-18(2)37-26-7-6-21(14-24(26)31(39)40)38-9-3-4-19(15-38)30(34)35/h17,19-23,25,27-30,36H,3-16H2,1-2H3,(H,41,42)/t17?,19-,20?,21-,22?,23?,25?,27?,28?,29?/m0/s1. The van der Waals surface area contributed by atoms with Crippen molar-refractivity contribution in [3.8, 4) is 0 Å². The molecule has 8 unspecified atom stereocenters. The number of aryl methyl sites for hydroxylation is 2. The Balaban J connectivity index is 1.13. The van der Waals surface area contributed by atoms with Gasteiger partial charge in [0.25, 0.3) is 5.56 Å². The van der Waals surface area contributed by atoms with Gasteiger partial charge in [0.15, 0.2) is 0 Å². The lowest BCUT2D eigenvalue weighted by Crippen LogP contribution is -2.57. The quantitative estimate of drug-likeness (QED) is 0.399. The van der Waals surface area contributed by atoms with Crippen LogP contribution in [0.4, 0.5) is 8.78 Å². The van der Waals surface area contributed by atoms with Crippen LogP contribution in [0, 0.1) is 30.6 Å². The molecule has 1 aromatic rings. The molecule has 44 heavy (non-hydrogen) atoms. The molecule has 3 aliphatic heterocycles. The Morgan fingerprint density at radius 3 is 2.82 bits per heavy atom. The Morgan fingerprint density at radius 2 is 2.05 bits per heavy atom. The largest absolute Gasteiger partial charge is 0.481 e. The van der Waals surface area contributed by atoms with Crippen molar-refractivity contribution in [2.45, 2.75) is 119 Å². The lowest BCUT2D eigenvalue weighted by atomic mass is 9.70. The number of hydrogen-bond donors (Lipinski definition) is 2. The van der Waals surface area contributed by atoms with Gasteiger partial charge in [-0.1, -0.05) is 0 Å². The normalized spacial score (nSPS) is 38.0. The van der Waals surface area contributed by atoms with E-state index in [1.165, 1.54) is 0 Å². The van der Waals surface area contributed by atoms with E-state index in [1.807, 2.05) is 6.92 Å². The molecule has 2 aliphatic carbocycles. The van der Waals surface area contributed by atoms with Gasteiger partial charge >= 0.3 is 5.97 Å². The van der Waals surface area contributed by atoms with E-state index in [1.54, 1.807) is 16.3 Å². The number of carboxylic acids is 1. The number of likely N-dealkylation sites (tertiary alicyclic amines) is 1. The number of alkyl halides is 3. The molecule has 4 fully saturated rings. The second-order valence-electron chi connectivity index (χ2n) is 13.9. The van der Waals surface area contributed by atoms with E-state index >= 15 is 0 Å². The third kappa shape index (κ3) is 6.73. The van der Waals surface area contributed by atoms with Crippen molar-refractivity contribution in [3.63, 3.8) is 0 Å². The fourth-order valence-corrected chi connectivity index (χ4v) is 11.0. The van der Waals surface area contributed by atoms with E-state index in [4.69, 9.17) is 21.3 Å². The van der Waals surface area contributed by atoms with Crippen molar-refractivity contribution in [2.24, 2.45) is 23.7 Å². The number of thioether (sulfide) groups is 1. The number of nitrogens with zero attached hydrogens (tertiary/aromatic N) is 3. The molecule has 0 amide bonds. The van der Waals surface area contributed by atoms with Gasteiger partial charge in [-0.25, -0.2) is 13.8 Å². The lowest BCUT2D eigenvalue weighted by Gasteiger charge is -2.47. The fraction of sp³-hybridized carbons (Fsp3) is 0.844. The first kappa shape index (κ1) is 32.7. The summed E-state index contributed by atoms with van der Waals surface area (Å²) in [4.78, 5) is 32.7. The highest BCUT2D eigenvalue weighted by atomic mass is 35.5. The number of ether oxygens (including phenoxy) is 1. The number of nitrogens with one attached hydrogen (secondary N) is 1. The van der Waals surface area contributed by atoms with Gasteiger partial charge in [0.05, 0.1) is 30.9 Å². The SMILES string of the molecule is Cc1nc2c(c(=O)n1CCOC1CCC(Cl)CC1C1CC(C)NC3C(C(=O)O)CSC13)C[C@@H](N1CCC[C@H](C(F)F)C1)CC2. The summed E-state index contributed by atoms with van der Waals surface area (Å²) in [5.74, 6) is 0.186. The van der Waals surface area contributed by atoms with Crippen molar-refractivity contribution in [2.75, 3.05) is 25.4 Å². The Labute approximate surface area is 268 Å². The third-order valence-electron chi connectivity index (χ3n) is 11.1. The molecule has 0 bridgehead atoms.